The molecule has 0 bridgehead atoms. The van der Waals surface area contributed by atoms with Crippen molar-refractivity contribution in [3.8, 4) is 5.75 Å². The van der Waals surface area contributed by atoms with Crippen LogP contribution in [0.15, 0.2) is 78.9 Å². The van der Waals surface area contributed by atoms with Gasteiger partial charge in [0.1, 0.15) is 11.3 Å². The number of anilines is 1. The van der Waals surface area contributed by atoms with E-state index in [9.17, 15) is 22.8 Å². The smallest absolute Gasteiger partial charge is 0.416 e. The molecular weight excluding hydrogens is 577 g/mol. The molecule has 3 aromatic rings. The summed E-state index contributed by atoms with van der Waals surface area (Å²) < 4.78 is 45.0. The molecule has 5 rings (SSSR count). The first kappa shape index (κ1) is 30.3. The minimum atomic E-state index is -4.48. The van der Waals surface area contributed by atoms with Gasteiger partial charge in [0.05, 0.1) is 25.3 Å². The van der Waals surface area contributed by atoms with Gasteiger partial charge in [0.15, 0.2) is 5.11 Å². The van der Waals surface area contributed by atoms with Gasteiger partial charge in [-0.2, -0.15) is 13.2 Å². The monoisotopic (exact) mass is 610 g/mol. The number of carbonyl (C=O) groups excluding carboxylic acids is 2. The van der Waals surface area contributed by atoms with E-state index in [1.807, 2.05) is 30.3 Å². The Kier molecular flexibility index (Phi) is 8.91. The van der Waals surface area contributed by atoms with Crippen LogP contribution in [0.5, 0.6) is 5.75 Å². The van der Waals surface area contributed by atoms with Gasteiger partial charge >= 0.3 is 6.18 Å². The summed E-state index contributed by atoms with van der Waals surface area (Å²) in [7, 11) is 1.55. The molecule has 1 saturated carbocycles. The highest BCUT2D eigenvalue weighted by molar-refractivity contribution is 7.80. The summed E-state index contributed by atoms with van der Waals surface area (Å²) in [5.74, 6) is -0.0269. The topological polar surface area (TPSA) is 73.9 Å². The minimum Gasteiger partial charge on any atom is -0.497 e. The van der Waals surface area contributed by atoms with Gasteiger partial charge in [-0.1, -0.05) is 55.3 Å². The van der Waals surface area contributed by atoms with Crippen LogP contribution in [0.4, 0.5) is 18.9 Å². The predicted molar refractivity (Wildman–Crippen MR) is 161 cm³/mol. The number of methoxy groups -OCH3 is 1. The van der Waals surface area contributed by atoms with Crippen molar-refractivity contribution in [2.75, 3.05) is 25.5 Å². The van der Waals surface area contributed by atoms with Crippen LogP contribution in [0.2, 0.25) is 0 Å². The fraction of sp³-hybridized carbons (Fsp3) is 0.344. The van der Waals surface area contributed by atoms with Crippen molar-refractivity contribution in [2.45, 2.75) is 50.0 Å². The molecule has 11 heteroatoms. The van der Waals surface area contributed by atoms with E-state index < -0.39 is 17.3 Å². The van der Waals surface area contributed by atoms with Gasteiger partial charge < -0.3 is 25.2 Å². The molecule has 1 heterocycles. The minimum absolute atomic E-state index is 0.0247. The Hall–Kier alpha value is -4.12. The number of hydrogen-bond acceptors (Lipinski definition) is 4. The van der Waals surface area contributed by atoms with Crippen LogP contribution < -0.4 is 15.4 Å². The van der Waals surface area contributed by atoms with E-state index in [2.05, 4.69) is 10.6 Å². The van der Waals surface area contributed by atoms with Crippen molar-refractivity contribution < 1.29 is 27.5 Å². The van der Waals surface area contributed by atoms with Gasteiger partial charge in [0.25, 0.3) is 0 Å². The molecule has 0 radical (unpaired) electrons. The molecule has 1 aliphatic carbocycles. The zero-order valence-electron chi connectivity index (χ0n) is 23.7. The molecule has 1 atom stereocenters. The van der Waals surface area contributed by atoms with Crippen LogP contribution in [0.1, 0.15) is 48.4 Å². The zero-order valence-corrected chi connectivity index (χ0v) is 24.5. The number of nitrogens with one attached hydrogen (secondary N) is 2. The summed E-state index contributed by atoms with van der Waals surface area (Å²) in [6, 6.07) is 21.3. The Balaban J connectivity index is 1.42. The number of rotatable bonds is 9. The Morgan fingerprint density at radius 1 is 1.02 bits per heavy atom. The van der Waals surface area contributed by atoms with Crippen LogP contribution in [-0.2, 0) is 22.3 Å². The molecule has 0 spiro atoms. The molecule has 0 unspecified atom stereocenters. The highest BCUT2D eigenvalue weighted by Gasteiger charge is 2.49. The molecule has 43 heavy (non-hydrogen) atoms. The summed E-state index contributed by atoms with van der Waals surface area (Å²) in [4.78, 5) is 31.5. The maximum absolute atomic E-state index is 14.2. The van der Waals surface area contributed by atoms with Gasteiger partial charge in [0, 0.05) is 18.8 Å². The molecule has 2 N–H and O–H groups in total. The van der Waals surface area contributed by atoms with Crippen molar-refractivity contribution in [3.05, 3.63) is 95.6 Å². The van der Waals surface area contributed by atoms with Crippen LogP contribution in [0.25, 0.3) is 0 Å². The van der Waals surface area contributed by atoms with Crippen LogP contribution in [0.3, 0.4) is 0 Å². The van der Waals surface area contributed by atoms with Crippen molar-refractivity contribution in [2.24, 2.45) is 0 Å². The van der Waals surface area contributed by atoms with Gasteiger partial charge in [-0.15, -0.1) is 0 Å². The first-order valence-corrected chi connectivity index (χ1v) is 14.5. The summed E-state index contributed by atoms with van der Waals surface area (Å²) in [6.07, 6.45) is -2.17. The second kappa shape index (κ2) is 12.6. The molecule has 2 fully saturated rings. The van der Waals surface area contributed by atoms with E-state index >= 15 is 0 Å². The highest BCUT2D eigenvalue weighted by Crippen LogP contribution is 2.38. The number of benzene rings is 3. The average molecular weight is 611 g/mol. The Morgan fingerprint density at radius 2 is 1.67 bits per heavy atom. The third-order valence-electron chi connectivity index (χ3n) is 8.16. The maximum Gasteiger partial charge on any atom is 0.416 e. The van der Waals surface area contributed by atoms with Crippen LogP contribution in [0, 0.1) is 0 Å². The molecule has 2 amide bonds. The molecule has 1 aliphatic heterocycles. The van der Waals surface area contributed by atoms with E-state index in [-0.39, 0.29) is 30.9 Å². The number of thiocarbonyl (C=S) groups is 1. The lowest BCUT2D eigenvalue weighted by molar-refractivity contribution is -0.146. The molecule has 226 valence electrons. The summed E-state index contributed by atoms with van der Waals surface area (Å²) in [6.45, 7) is 0.365. The first-order valence-electron chi connectivity index (χ1n) is 14.1. The van der Waals surface area contributed by atoms with Crippen LogP contribution in [-0.4, -0.2) is 52.5 Å². The van der Waals surface area contributed by atoms with Crippen molar-refractivity contribution >= 4 is 34.8 Å². The Morgan fingerprint density at radius 3 is 2.28 bits per heavy atom. The van der Waals surface area contributed by atoms with E-state index in [0.717, 1.165) is 30.5 Å². The molecular formula is C32H33F3N4O3S. The van der Waals surface area contributed by atoms with Gasteiger partial charge in [-0.25, -0.2) is 0 Å². The lowest BCUT2D eigenvalue weighted by Crippen LogP contribution is -2.59. The van der Waals surface area contributed by atoms with Gasteiger partial charge in [0.2, 0.25) is 11.8 Å². The zero-order chi connectivity index (χ0) is 30.6. The number of ether oxygens (including phenoxy) is 1. The predicted octanol–water partition coefficient (Wildman–Crippen LogP) is 5.93. The normalized spacial score (nSPS) is 17.8. The van der Waals surface area contributed by atoms with Gasteiger partial charge in [-0.3, -0.25) is 9.59 Å². The third kappa shape index (κ3) is 6.77. The number of halogens is 3. The summed E-state index contributed by atoms with van der Waals surface area (Å²) >= 11 is 5.57. The summed E-state index contributed by atoms with van der Waals surface area (Å²) in [5, 5.41) is 6.67. The van der Waals surface area contributed by atoms with Crippen LogP contribution >= 0.6 is 12.2 Å². The molecule has 0 aromatic heterocycles. The van der Waals surface area contributed by atoms with E-state index in [1.165, 1.54) is 12.1 Å². The number of amides is 2. The standard InChI is InChI=1S/C32H33F3N4O3S/c1-42-26-15-13-25(14-16-26)36-29(41)31(17-5-6-18-31)39(19-22-9-11-24(12-10-22)32(33,34)35)28(40)21-38-20-27(37-30(38)43)23-7-3-2-4-8-23/h2-4,7-16,27H,5-6,17-21H2,1H3,(H,36,41)(H,37,43)/t27-/m0/s1. The SMILES string of the molecule is COc1ccc(NC(=O)C2(N(Cc3ccc(C(F)(F)F)cc3)C(=O)CN3C[C@@H](c4ccccc4)NC3=S)CCCC2)cc1. The van der Waals surface area contributed by atoms with Crippen molar-refractivity contribution in [1.82, 2.24) is 15.1 Å². The fourth-order valence-corrected chi connectivity index (χ4v) is 6.09. The highest BCUT2D eigenvalue weighted by atomic mass is 32.1. The second-order valence-corrected chi connectivity index (χ2v) is 11.3. The average Bonchev–Trinajstić information content (AvgIpc) is 3.64. The Labute approximate surface area is 254 Å². The first-order chi connectivity index (χ1) is 20.6. The van der Waals surface area contributed by atoms with Crippen molar-refractivity contribution in [3.63, 3.8) is 0 Å². The van der Waals surface area contributed by atoms with E-state index in [4.69, 9.17) is 17.0 Å². The quantitative estimate of drug-likeness (QED) is 0.293. The van der Waals surface area contributed by atoms with E-state index in [1.54, 1.807) is 41.2 Å². The van der Waals surface area contributed by atoms with E-state index in [0.29, 0.717) is 41.5 Å². The molecule has 1 saturated heterocycles. The Bertz CT molecular complexity index is 1440. The third-order valence-corrected chi connectivity index (χ3v) is 8.53. The number of carbonyl (C=O) groups is 2. The van der Waals surface area contributed by atoms with Gasteiger partial charge in [-0.05, 0) is 72.6 Å². The maximum atomic E-state index is 14.2. The molecule has 7 nitrogen and oxygen atoms in total. The largest absolute Gasteiger partial charge is 0.497 e. The van der Waals surface area contributed by atoms with Crippen molar-refractivity contribution in [1.29, 1.82) is 0 Å². The summed E-state index contributed by atoms with van der Waals surface area (Å²) in [5.41, 5.74) is 0.117. The molecule has 3 aromatic carbocycles. The second-order valence-electron chi connectivity index (χ2n) is 10.9. The lowest BCUT2D eigenvalue weighted by Gasteiger charge is -2.41. The number of alkyl halides is 3. The lowest BCUT2D eigenvalue weighted by atomic mass is 9.92. The fourth-order valence-electron chi connectivity index (χ4n) is 5.81. The number of hydrogen-bond donors (Lipinski definition) is 2. The number of nitrogens with zero attached hydrogens (tertiary/aromatic N) is 2. The molecule has 2 aliphatic rings.